The average Bonchev–Trinajstić information content (AvgIpc) is 3.28. The lowest BCUT2D eigenvalue weighted by molar-refractivity contribution is -0.120. The van der Waals surface area contributed by atoms with Crippen LogP contribution in [0, 0.1) is 12.7 Å². The molecule has 3 aromatic heterocycles. The standard InChI is InChI=1S/C27H22FN5O2/c1-16-4-2-6-22(31-16)27-26(19-8-10-21-18(14-19)5-3-11-30-21)32-25(33-27)13-17-7-9-20(28)23(12-17)35-15-24(29)34/h2-12,14H,13,15H2,1H3,(H2,29,34)(H,32,33). The summed E-state index contributed by atoms with van der Waals surface area (Å²) in [6, 6.07) is 20.2. The molecule has 7 nitrogen and oxygen atoms in total. The zero-order valence-electron chi connectivity index (χ0n) is 19.0. The van der Waals surface area contributed by atoms with Gasteiger partial charge in [0.15, 0.2) is 18.2 Å². The van der Waals surface area contributed by atoms with Gasteiger partial charge in [-0.25, -0.2) is 9.37 Å². The van der Waals surface area contributed by atoms with E-state index in [2.05, 4.69) is 21.0 Å². The summed E-state index contributed by atoms with van der Waals surface area (Å²) in [6.45, 7) is 1.54. The Morgan fingerprint density at radius 2 is 1.94 bits per heavy atom. The molecule has 0 bridgehead atoms. The molecule has 5 aromatic rings. The van der Waals surface area contributed by atoms with E-state index in [1.54, 1.807) is 18.3 Å². The Balaban J connectivity index is 1.55. The number of amides is 1. The molecule has 0 spiro atoms. The van der Waals surface area contributed by atoms with Gasteiger partial charge in [0.25, 0.3) is 5.91 Å². The van der Waals surface area contributed by atoms with E-state index in [0.29, 0.717) is 12.2 Å². The van der Waals surface area contributed by atoms with Crippen molar-refractivity contribution in [2.24, 2.45) is 5.73 Å². The highest BCUT2D eigenvalue weighted by Crippen LogP contribution is 2.32. The molecule has 174 valence electrons. The summed E-state index contributed by atoms with van der Waals surface area (Å²) in [5.74, 6) is -0.594. The first-order valence-electron chi connectivity index (χ1n) is 11.0. The number of aromatic amines is 1. The molecule has 0 saturated carbocycles. The highest BCUT2D eigenvalue weighted by Gasteiger charge is 2.17. The number of carbonyl (C=O) groups excluding carboxylic acids is 1. The second-order valence-corrected chi connectivity index (χ2v) is 8.18. The molecule has 0 unspecified atom stereocenters. The quantitative estimate of drug-likeness (QED) is 0.364. The van der Waals surface area contributed by atoms with Crippen LogP contribution in [0.5, 0.6) is 5.75 Å². The van der Waals surface area contributed by atoms with Crippen LogP contribution in [-0.4, -0.2) is 32.4 Å². The van der Waals surface area contributed by atoms with E-state index in [9.17, 15) is 9.18 Å². The molecule has 8 heteroatoms. The van der Waals surface area contributed by atoms with Gasteiger partial charge in [0, 0.05) is 29.3 Å². The third kappa shape index (κ3) is 4.86. The summed E-state index contributed by atoms with van der Waals surface area (Å²) in [6.07, 6.45) is 2.15. The van der Waals surface area contributed by atoms with Crippen LogP contribution in [0.15, 0.2) is 72.9 Å². The van der Waals surface area contributed by atoms with Crippen molar-refractivity contribution in [3.05, 3.63) is 95.8 Å². The number of ether oxygens (including phenoxy) is 1. The van der Waals surface area contributed by atoms with Crippen molar-refractivity contribution in [3.8, 4) is 28.4 Å². The Morgan fingerprint density at radius 1 is 1.06 bits per heavy atom. The molecule has 0 atom stereocenters. The van der Waals surface area contributed by atoms with Crippen LogP contribution in [0.4, 0.5) is 4.39 Å². The summed E-state index contributed by atoms with van der Waals surface area (Å²) >= 11 is 0. The molecule has 1 amide bonds. The Labute approximate surface area is 200 Å². The van der Waals surface area contributed by atoms with Gasteiger partial charge in [0.1, 0.15) is 5.82 Å². The number of nitrogens with one attached hydrogen (secondary N) is 1. The van der Waals surface area contributed by atoms with Crippen LogP contribution in [0.3, 0.4) is 0 Å². The van der Waals surface area contributed by atoms with Crippen LogP contribution < -0.4 is 10.5 Å². The van der Waals surface area contributed by atoms with Gasteiger partial charge in [-0.2, -0.15) is 0 Å². The minimum atomic E-state index is -0.675. The Kier molecular flexibility index (Phi) is 5.93. The minimum Gasteiger partial charge on any atom is -0.481 e. The Bertz CT molecular complexity index is 1550. The number of hydrogen-bond donors (Lipinski definition) is 2. The second-order valence-electron chi connectivity index (χ2n) is 8.18. The predicted octanol–water partition coefficient (Wildman–Crippen LogP) is 4.59. The number of benzene rings is 2. The number of rotatable bonds is 7. The van der Waals surface area contributed by atoms with Gasteiger partial charge in [-0.05, 0) is 55.0 Å². The SMILES string of the molecule is Cc1cccc(-c2[nH]c(Cc3ccc(F)c(OCC(N)=O)c3)nc2-c2ccc3ncccc3c2)n1. The lowest BCUT2D eigenvalue weighted by atomic mass is 10.1. The van der Waals surface area contributed by atoms with E-state index in [1.165, 1.54) is 6.07 Å². The van der Waals surface area contributed by atoms with Crippen molar-refractivity contribution < 1.29 is 13.9 Å². The number of primary amides is 1. The summed E-state index contributed by atoms with van der Waals surface area (Å²) in [4.78, 5) is 28.4. The van der Waals surface area contributed by atoms with Crippen LogP contribution in [0.2, 0.25) is 0 Å². The summed E-state index contributed by atoms with van der Waals surface area (Å²) < 4.78 is 19.3. The van der Waals surface area contributed by atoms with Gasteiger partial charge >= 0.3 is 0 Å². The van der Waals surface area contributed by atoms with E-state index in [1.807, 2.05) is 49.4 Å². The second kappa shape index (κ2) is 9.34. The van der Waals surface area contributed by atoms with Gasteiger partial charge in [-0.15, -0.1) is 0 Å². The highest BCUT2D eigenvalue weighted by molar-refractivity contribution is 5.86. The predicted molar refractivity (Wildman–Crippen MR) is 131 cm³/mol. The van der Waals surface area contributed by atoms with Crippen LogP contribution in [-0.2, 0) is 11.2 Å². The number of pyridine rings is 2. The topological polar surface area (TPSA) is 107 Å². The van der Waals surface area contributed by atoms with E-state index in [0.717, 1.165) is 44.8 Å². The zero-order valence-corrected chi connectivity index (χ0v) is 19.0. The van der Waals surface area contributed by atoms with Crippen molar-refractivity contribution in [2.75, 3.05) is 6.61 Å². The molecule has 0 aliphatic carbocycles. The first-order chi connectivity index (χ1) is 17.0. The number of fused-ring (bicyclic) bond motifs is 1. The van der Waals surface area contributed by atoms with Crippen molar-refractivity contribution in [3.63, 3.8) is 0 Å². The molecular weight excluding hydrogens is 445 g/mol. The van der Waals surface area contributed by atoms with Crippen molar-refractivity contribution in [2.45, 2.75) is 13.3 Å². The molecule has 0 fully saturated rings. The molecular formula is C27H22FN5O2. The maximum Gasteiger partial charge on any atom is 0.255 e. The fourth-order valence-corrected chi connectivity index (χ4v) is 3.92. The summed E-state index contributed by atoms with van der Waals surface area (Å²) in [7, 11) is 0. The maximum absolute atomic E-state index is 14.1. The normalized spacial score (nSPS) is 11.0. The van der Waals surface area contributed by atoms with E-state index in [4.69, 9.17) is 15.5 Å². The first-order valence-corrected chi connectivity index (χ1v) is 11.0. The Morgan fingerprint density at radius 3 is 2.77 bits per heavy atom. The Hall–Kier alpha value is -4.59. The third-order valence-corrected chi connectivity index (χ3v) is 5.51. The van der Waals surface area contributed by atoms with Crippen LogP contribution in [0.1, 0.15) is 17.1 Å². The monoisotopic (exact) mass is 467 g/mol. The molecule has 0 aliphatic rings. The number of halogens is 1. The summed E-state index contributed by atoms with van der Waals surface area (Å²) in [5, 5.41) is 1.01. The molecule has 3 N–H and O–H groups in total. The fourth-order valence-electron chi connectivity index (χ4n) is 3.92. The van der Waals surface area contributed by atoms with Crippen molar-refractivity contribution >= 4 is 16.8 Å². The zero-order chi connectivity index (χ0) is 24.4. The number of aromatic nitrogens is 4. The number of hydrogen-bond acceptors (Lipinski definition) is 5. The third-order valence-electron chi connectivity index (χ3n) is 5.51. The molecule has 3 heterocycles. The largest absolute Gasteiger partial charge is 0.481 e. The minimum absolute atomic E-state index is 0.0318. The lowest BCUT2D eigenvalue weighted by Gasteiger charge is -2.07. The number of imidazole rings is 1. The van der Waals surface area contributed by atoms with E-state index < -0.39 is 18.3 Å². The van der Waals surface area contributed by atoms with E-state index >= 15 is 0 Å². The molecule has 0 saturated heterocycles. The molecule has 2 aromatic carbocycles. The van der Waals surface area contributed by atoms with Gasteiger partial charge < -0.3 is 15.5 Å². The number of carbonyl (C=O) groups is 1. The highest BCUT2D eigenvalue weighted by atomic mass is 19.1. The average molecular weight is 468 g/mol. The lowest BCUT2D eigenvalue weighted by Crippen LogP contribution is -2.20. The van der Waals surface area contributed by atoms with Gasteiger partial charge in [-0.3, -0.25) is 14.8 Å². The smallest absolute Gasteiger partial charge is 0.255 e. The number of nitrogens with zero attached hydrogens (tertiary/aromatic N) is 3. The number of nitrogens with two attached hydrogens (primary N) is 1. The first kappa shape index (κ1) is 22.2. The summed E-state index contributed by atoms with van der Waals surface area (Å²) in [5.41, 5.74) is 10.9. The molecule has 0 aliphatic heterocycles. The van der Waals surface area contributed by atoms with E-state index in [-0.39, 0.29) is 5.75 Å². The van der Waals surface area contributed by atoms with Gasteiger partial charge in [0.2, 0.25) is 0 Å². The van der Waals surface area contributed by atoms with Gasteiger partial charge in [0.05, 0.1) is 22.6 Å². The number of H-pyrrole nitrogens is 1. The van der Waals surface area contributed by atoms with Crippen molar-refractivity contribution in [1.29, 1.82) is 0 Å². The fraction of sp³-hybridized carbons (Fsp3) is 0.111. The number of aryl methyl sites for hydroxylation is 1. The van der Waals surface area contributed by atoms with Gasteiger partial charge in [-0.1, -0.05) is 24.3 Å². The maximum atomic E-state index is 14.1. The molecule has 35 heavy (non-hydrogen) atoms. The molecule has 5 rings (SSSR count). The van der Waals surface area contributed by atoms with Crippen LogP contribution in [0.25, 0.3) is 33.5 Å². The van der Waals surface area contributed by atoms with Crippen LogP contribution >= 0.6 is 0 Å². The molecule has 0 radical (unpaired) electrons. The van der Waals surface area contributed by atoms with Crippen molar-refractivity contribution in [1.82, 2.24) is 19.9 Å².